The van der Waals surface area contributed by atoms with Gasteiger partial charge < -0.3 is 4.74 Å². The van der Waals surface area contributed by atoms with Crippen LogP contribution < -0.4 is 0 Å². The summed E-state index contributed by atoms with van der Waals surface area (Å²) in [5.74, 6) is -0.257. The van der Waals surface area contributed by atoms with Gasteiger partial charge in [0.1, 0.15) is 6.61 Å². The molecule has 0 amide bonds. The van der Waals surface area contributed by atoms with Crippen LogP contribution in [0.4, 0.5) is 0 Å². The predicted molar refractivity (Wildman–Crippen MR) is 72.2 cm³/mol. The summed E-state index contributed by atoms with van der Waals surface area (Å²) in [6.45, 7) is 5.68. The first-order valence-corrected chi connectivity index (χ1v) is 6.59. The normalized spacial score (nSPS) is 16.2. The molecule has 0 saturated carbocycles. The van der Waals surface area contributed by atoms with Gasteiger partial charge in [0, 0.05) is 12.3 Å². The highest BCUT2D eigenvalue weighted by Crippen LogP contribution is 2.19. The molecule has 1 atom stereocenters. The fourth-order valence-corrected chi connectivity index (χ4v) is 1.20. The van der Waals surface area contributed by atoms with E-state index in [2.05, 4.69) is 15.9 Å². The zero-order chi connectivity index (χ0) is 12.6. The van der Waals surface area contributed by atoms with Crippen LogP contribution in [0.1, 0.15) is 27.2 Å². The standard InChI is InChI=1S/C12H18BrClO2/c1-10(6-8-16-11(2)15)5-4-7-12(3,14)9-13/h4,6-7H,5,8-9H2,1-3H3/b7-4+,10-6+. The number of carbonyl (C=O) groups is 1. The van der Waals surface area contributed by atoms with Crippen molar-refractivity contribution in [3.63, 3.8) is 0 Å². The van der Waals surface area contributed by atoms with Crippen molar-refractivity contribution in [1.29, 1.82) is 0 Å². The molecule has 0 aromatic rings. The third kappa shape index (κ3) is 8.98. The molecule has 1 unspecified atom stereocenters. The van der Waals surface area contributed by atoms with Gasteiger partial charge in [-0.2, -0.15) is 0 Å². The molecule has 0 radical (unpaired) electrons. The van der Waals surface area contributed by atoms with E-state index < -0.39 is 0 Å². The lowest BCUT2D eigenvalue weighted by Crippen LogP contribution is -2.13. The molecule has 0 N–H and O–H groups in total. The first-order chi connectivity index (χ1) is 7.37. The van der Waals surface area contributed by atoms with Crippen molar-refractivity contribution >= 4 is 33.5 Å². The minimum Gasteiger partial charge on any atom is -0.462 e. The Labute approximate surface area is 111 Å². The molecule has 0 aliphatic heterocycles. The van der Waals surface area contributed by atoms with E-state index in [-0.39, 0.29) is 10.8 Å². The number of carbonyl (C=O) groups excluding carboxylic acids is 1. The van der Waals surface area contributed by atoms with E-state index >= 15 is 0 Å². The number of hydrogen-bond donors (Lipinski definition) is 0. The molecule has 0 aromatic carbocycles. The Morgan fingerprint density at radius 1 is 1.50 bits per heavy atom. The van der Waals surface area contributed by atoms with Gasteiger partial charge in [0.05, 0.1) is 4.87 Å². The maximum absolute atomic E-state index is 10.5. The van der Waals surface area contributed by atoms with Gasteiger partial charge in [-0.3, -0.25) is 4.79 Å². The minimum absolute atomic E-state index is 0.257. The molecule has 0 fully saturated rings. The van der Waals surface area contributed by atoms with Gasteiger partial charge in [0.2, 0.25) is 0 Å². The molecule has 0 rings (SSSR count). The van der Waals surface area contributed by atoms with Crippen molar-refractivity contribution in [2.24, 2.45) is 0 Å². The Hall–Kier alpha value is -0.280. The minimum atomic E-state index is -0.337. The quantitative estimate of drug-likeness (QED) is 0.423. The van der Waals surface area contributed by atoms with Gasteiger partial charge in [-0.25, -0.2) is 0 Å². The molecule has 0 aromatic heterocycles. The summed E-state index contributed by atoms with van der Waals surface area (Å²) >= 11 is 9.47. The molecule has 0 heterocycles. The Bertz CT molecular complexity index is 283. The fourth-order valence-electron chi connectivity index (χ4n) is 0.920. The molecule has 2 nitrogen and oxygen atoms in total. The molecule has 0 aliphatic rings. The van der Waals surface area contributed by atoms with Crippen LogP contribution in [0.5, 0.6) is 0 Å². The predicted octanol–water partition coefficient (Wildman–Crippen LogP) is 3.83. The van der Waals surface area contributed by atoms with Gasteiger partial charge in [-0.05, 0) is 26.3 Å². The van der Waals surface area contributed by atoms with Crippen molar-refractivity contribution in [3.8, 4) is 0 Å². The zero-order valence-electron chi connectivity index (χ0n) is 9.93. The summed E-state index contributed by atoms with van der Waals surface area (Å²) in [5, 5.41) is 0.717. The second-order valence-corrected chi connectivity index (χ2v) is 5.30. The van der Waals surface area contributed by atoms with E-state index in [0.29, 0.717) is 11.9 Å². The number of esters is 1. The Kier molecular flexibility index (Phi) is 7.77. The summed E-state index contributed by atoms with van der Waals surface area (Å²) in [5.41, 5.74) is 1.15. The number of allylic oxidation sites excluding steroid dienone is 3. The van der Waals surface area contributed by atoms with E-state index in [1.165, 1.54) is 6.92 Å². The molecule has 4 heteroatoms. The van der Waals surface area contributed by atoms with E-state index in [9.17, 15) is 4.79 Å². The van der Waals surface area contributed by atoms with Crippen LogP contribution in [0, 0.1) is 0 Å². The van der Waals surface area contributed by atoms with Crippen LogP contribution >= 0.6 is 27.5 Å². The van der Waals surface area contributed by atoms with Crippen molar-refractivity contribution in [2.45, 2.75) is 32.1 Å². The number of rotatable bonds is 6. The zero-order valence-corrected chi connectivity index (χ0v) is 12.3. The summed E-state index contributed by atoms with van der Waals surface area (Å²) in [6.07, 6.45) is 6.70. The van der Waals surface area contributed by atoms with E-state index in [1.807, 2.05) is 32.1 Å². The largest absolute Gasteiger partial charge is 0.462 e. The van der Waals surface area contributed by atoms with Gasteiger partial charge in [-0.1, -0.05) is 33.7 Å². The molecule has 0 bridgehead atoms. The molecule has 0 spiro atoms. The van der Waals surface area contributed by atoms with Crippen molar-refractivity contribution in [3.05, 3.63) is 23.8 Å². The second kappa shape index (κ2) is 7.91. The maximum atomic E-state index is 10.5. The fraction of sp³-hybridized carbons (Fsp3) is 0.583. The van der Waals surface area contributed by atoms with Gasteiger partial charge in [-0.15, -0.1) is 11.6 Å². The maximum Gasteiger partial charge on any atom is 0.302 e. The highest BCUT2D eigenvalue weighted by Gasteiger charge is 2.13. The summed E-state index contributed by atoms with van der Waals surface area (Å²) in [4.78, 5) is 10.2. The van der Waals surface area contributed by atoms with Crippen LogP contribution in [0.15, 0.2) is 23.8 Å². The Morgan fingerprint density at radius 3 is 2.62 bits per heavy atom. The molecule has 0 saturated heterocycles. The summed E-state index contributed by atoms with van der Waals surface area (Å²) in [6, 6.07) is 0. The van der Waals surface area contributed by atoms with Crippen LogP contribution in [0.25, 0.3) is 0 Å². The highest BCUT2D eigenvalue weighted by atomic mass is 79.9. The lowest BCUT2D eigenvalue weighted by atomic mass is 10.1. The smallest absolute Gasteiger partial charge is 0.302 e. The summed E-state index contributed by atoms with van der Waals surface area (Å²) in [7, 11) is 0. The van der Waals surface area contributed by atoms with Gasteiger partial charge in [0.15, 0.2) is 0 Å². The Balaban J connectivity index is 3.97. The summed E-state index contributed by atoms with van der Waals surface area (Å²) < 4.78 is 4.81. The van der Waals surface area contributed by atoms with Crippen molar-refractivity contribution in [1.82, 2.24) is 0 Å². The average molecular weight is 310 g/mol. The second-order valence-electron chi connectivity index (χ2n) is 3.87. The lowest BCUT2D eigenvalue weighted by molar-refractivity contribution is -0.139. The van der Waals surface area contributed by atoms with E-state index in [4.69, 9.17) is 16.3 Å². The Morgan fingerprint density at radius 2 is 2.12 bits per heavy atom. The van der Waals surface area contributed by atoms with Crippen LogP contribution in [0.3, 0.4) is 0 Å². The van der Waals surface area contributed by atoms with E-state index in [1.54, 1.807) is 0 Å². The van der Waals surface area contributed by atoms with Gasteiger partial charge >= 0.3 is 5.97 Å². The van der Waals surface area contributed by atoms with Crippen LogP contribution in [-0.2, 0) is 9.53 Å². The number of ether oxygens (including phenoxy) is 1. The van der Waals surface area contributed by atoms with Crippen LogP contribution in [-0.4, -0.2) is 22.8 Å². The number of halogens is 2. The highest BCUT2D eigenvalue weighted by molar-refractivity contribution is 9.09. The average Bonchev–Trinajstić information content (AvgIpc) is 2.17. The monoisotopic (exact) mass is 308 g/mol. The van der Waals surface area contributed by atoms with Gasteiger partial charge in [0.25, 0.3) is 0 Å². The topological polar surface area (TPSA) is 26.3 Å². The van der Waals surface area contributed by atoms with Crippen molar-refractivity contribution < 1.29 is 9.53 Å². The molecular weight excluding hydrogens is 291 g/mol. The molecular formula is C12H18BrClO2. The van der Waals surface area contributed by atoms with Crippen LogP contribution in [0.2, 0.25) is 0 Å². The first kappa shape index (κ1) is 15.7. The number of hydrogen-bond acceptors (Lipinski definition) is 2. The van der Waals surface area contributed by atoms with E-state index in [0.717, 1.165) is 12.0 Å². The van der Waals surface area contributed by atoms with Crippen molar-refractivity contribution in [2.75, 3.05) is 11.9 Å². The third-order valence-corrected chi connectivity index (χ3v) is 3.63. The molecule has 0 aliphatic carbocycles. The number of alkyl halides is 2. The lowest BCUT2D eigenvalue weighted by Gasteiger charge is -2.12. The SMILES string of the molecule is CC(=O)OC/C=C(\C)C/C=C/C(C)(Cl)CBr. The third-order valence-electron chi connectivity index (χ3n) is 1.88. The molecule has 16 heavy (non-hydrogen) atoms. The molecule has 92 valence electrons. The first-order valence-electron chi connectivity index (χ1n) is 5.09.